The molecule has 1 aromatic rings. The number of hydrogen-bond donors (Lipinski definition) is 1. The molecule has 0 amide bonds. The van der Waals surface area contributed by atoms with Crippen molar-refractivity contribution < 1.29 is 0 Å². The molecule has 19 heavy (non-hydrogen) atoms. The van der Waals surface area contributed by atoms with Gasteiger partial charge in [-0.2, -0.15) is 0 Å². The predicted octanol–water partition coefficient (Wildman–Crippen LogP) is 3.53. The second kappa shape index (κ2) is 7.49. The fraction of sp³-hybridized carbons (Fsp3) is 0.688. The SMILES string of the molecule is CCCC1CCCN(Cc2ccc(NC)nc2)CC1. The Morgan fingerprint density at radius 2 is 2.21 bits per heavy atom. The molecule has 2 rings (SSSR count). The van der Waals surface area contributed by atoms with Crippen LogP contribution in [0.15, 0.2) is 18.3 Å². The topological polar surface area (TPSA) is 28.2 Å². The van der Waals surface area contributed by atoms with Crippen molar-refractivity contribution >= 4 is 5.82 Å². The molecule has 106 valence electrons. The summed E-state index contributed by atoms with van der Waals surface area (Å²) >= 11 is 0. The van der Waals surface area contributed by atoms with Gasteiger partial charge in [-0.15, -0.1) is 0 Å². The van der Waals surface area contributed by atoms with Crippen LogP contribution in [0.5, 0.6) is 0 Å². The van der Waals surface area contributed by atoms with Crippen LogP contribution in [0.3, 0.4) is 0 Å². The van der Waals surface area contributed by atoms with Crippen LogP contribution < -0.4 is 5.32 Å². The quantitative estimate of drug-likeness (QED) is 0.879. The Hall–Kier alpha value is -1.09. The highest BCUT2D eigenvalue weighted by Gasteiger charge is 2.16. The first kappa shape index (κ1) is 14.3. The second-order valence-corrected chi connectivity index (χ2v) is 5.66. The largest absolute Gasteiger partial charge is 0.373 e. The van der Waals surface area contributed by atoms with Gasteiger partial charge in [0.05, 0.1) is 0 Å². The molecule has 1 aliphatic rings. The zero-order chi connectivity index (χ0) is 13.5. The minimum atomic E-state index is 0.947. The summed E-state index contributed by atoms with van der Waals surface area (Å²) in [5, 5.41) is 3.06. The van der Waals surface area contributed by atoms with Gasteiger partial charge in [-0.1, -0.05) is 25.8 Å². The molecule has 0 aromatic carbocycles. The van der Waals surface area contributed by atoms with Crippen LogP contribution in [0.1, 0.15) is 44.6 Å². The van der Waals surface area contributed by atoms with Crippen LogP contribution in [0.4, 0.5) is 5.82 Å². The van der Waals surface area contributed by atoms with E-state index in [2.05, 4.69) is 34.3 Å². The van der Waals surface area contributed by atoms with Crippen molar-refractivity contribution in [3.8, 4) is 0 Å². The smallest absolute Gasteiger partial charge is 0.125 e. The van der Waals surface area contributed by atoms with Crippen molar-refractivity contribution in [2.45, 2.75) is 45.6 Å². The van der Waals surface area contributed by atoms with Crippen LogP contribution in [0, 0.1) is 5.92 Å². The summed E-state index contributed by atoms with van der Waals surface area (Å²) in [6, 6.07) is 4.25. The molecule has 2 heterocycles. The minimum absolute atomic E-state index is 0.947. The van der Waals surface area contributed by atoms with Crippen molar-refractivity contribution in [3.05, 3.63) is 23.9 Å². The number of aromatic nitrogens is 1. The zero-order valence-corrected chi connectivity index (χ0v) is 12.4. The van der Waals surface area contributed by atoms with Crippen molar-refractivity contribution in [2.24, 2.45) is 5.92 Å². The van der Waals surface area contributed by atoms with E-state index in [0.29, 0.717) is 0 Å². The molecule has 0 spiro atoms. The average Bonchev–Trinajstić information content (AvgIpc) is 2.66. The lowest BCUT2D eigenvalue weighted by Crippen LogP contribution is -2.24. The number of pyridine rings is 1. The zero-order valence-electron chi connectivity index (χ0n) is 12.4. The standard InChI is InChI=1S/C16H27N3/c1-3-5-14-6-4-10-19(11-9-14)13-15-7-8-16(17-2)18-12-15/h7-8,12,14H,3-6,9-11,13H2,1-2H3,(H,17,18). The maximum absolute atomic E-state index is 4.39. The van der Waals surface area contributed by atoms with E-state index in [4.69, 9.17) is 0 Å². The molecule has 1 N–H and O–H groups in total. The van der Waals surface area contributed by atoms with Gasteiger partial charge in [0.1, 0.15) is 5.82 Å². The molecule has 1 atom stereocenters. The molecule has 1 aromatic heterocycles. The van der Waals surface area contributed by atoms with Gasteiger partial charge in [0, 0.05) is 19.8 Å². The molecule has 1 aliphatic heterocycles. The molecule has 1 saturated heterocycles. The van der Waals surface area contributed by atoms with Gasteiger partial charge in [-0.05, 0) is 49.9 Å². The van der Waals surface area contributed by atoms with Gasteiger partial charge in [0.2, 0.25) is 0 Å². The molecule has 1 fully saturated rings. The van der Waals surface area contributed by atoms with Gasteiger partial charge in [-0.3, -0.25) is 4.90 Å². The third-order valence-electron chi connectivity index (χ3n) is 4.12. The minimum Gasteiger partial charge on any atom is -0.373 e. The number of nitrogens with one attached hydrogen (secondary N) is 1. The van der Waals surface area contributed by atoms with Gasteiger partial charge in [0.15, 0.2) is 0 Å². The van der Waals surface area contributed by atoms with E-state index in [1.165, 1.54) is 50.8 Å². The number of nitrogens with zero attached hydrogens (tertiary/aromatic N) is 2. The number of rotatable bonds is 5. The summed E-state index contributed by atoms with van der Waals surface area (Å²) in [4.78, 5) is 6.98. The maximum Gasteiger partial charge on any atom is 0.125 e. The third-order valence-corrected chi connectivity index (χ3v) is 4.12. The van der Waals surface area contributed by atoms with Crippen molar-refractivity contribution in [1.82, 2.24) is 9.88 Å². The summed E-state index contributed by atoms with van der Waals surface area (Å²) in [6.07, 6.45) is 8.89. The summed E-state index contributed by atoms with van der Waals surface area (Å²) in [6.45, 7) is 5.85. The molecule has 3 nitrogen and oxygen atoms in total. The first-order valence-corrected chi connectivity index (χ1v) is 7.67. The Morgan fingerprint density at radius 3 is 2.89 bits per heavy atom. The Labute approximate surface area is 117 Å². The third kappa shape index (κ3) is 4.50. The average molecular weight is 261 g/mol. The van der Waals surface area contributed by atoms with E-state index in [1.807, 2.05) is 13.2 Å². The fourth-order valence-corrected chi connectivity index (χ4v) is 3.00. The summed E-state index contributed by atoms with van der Waals surface area (Å²) in [5.74, 6) is 1.91. The number of anilines is 1. The lowest BCUT2D eigenvalue weighted by molar-refractivity contribution is 0.271. The van der Waals surface area contributed by atoms with Crippen LogP contribution in [0.2, 0.25) is 0 Å². The lowest BCUT2D eigenvalue weighted by Gasteiger charge is -2.20. The second-order valence-electron chi connectivity index (χ2n) is 5.66. The molecule has 0 saturated carbocycles. The first-order chi connectivity index (χ1) is 9.31. The molecule has 0 bridgehead atoms. The normalized spacial score (nSPS) is 21.1. The van der Waals surface area contributed by atoms with Crippen LogP contribution in [0.25, 0.3) is 0 Å². The highest BCUT2D eigenvalue weighted by molar-refractivity contribution is 5.34. The van der Waals surface area contributed by atoms with E-state index in [9.17, 15) is 0 Å². The van der Waals surface area contributed by atoms with Crippen LogP contribution in [-0.4, -0.2) is 30.0 Å². The summed E-state index contributed by atoms with van der Waals surface area (Å²) < 4.78 is 0. The van der Waals surface area contributed by atoms with Gasteiger partial charge in [-0.25, -0.2) is 4.98 Å². The lowest BCUT2D eigenvalue weighted by atomic mass is 9.96. The van der Waals surface area contributed by atoms with E-state index < -0.39 is 0 Å². The monoisotopic (exact) mass is 261 g/mol. The van der Waals surface area contributed by atoms with Gasteiger partial charge in [0.25, 0.3) is 0 Å². The van der Waals surface area contributed by atoms with Gasteiger partial charge < -0.3 is 5.32 Å². The van der Waals surface area contributed by atoms with Crippen LogP contribution in [-0.2, 0) is 6.54 Å². The summed E-state index contributed by atoms with van der Waals surface area (Å²) in [5.41, 5.74) is 1.33. The molecule has 0 radical (unpaired) electrons. The van der Waals surface area contributed by atoms with Crippen molar-refractivity contribution in [3.63, 3.8) is 0 Å². The fourth-order valence-electron chi connectivity index (χ4n) is 3.00. The number of likely N-dealkylation sites (tertiary alicyclic amines) is 1. The van der Waals surface area contributed by atoms with E-state index in [1.54, 1.807) is 0 Å². The van der Waals surface area contributed by atoms with Crippen LogP contribution >= 0.6 is 0 Å². The first-order valence-electron chi connectivity index (χ1n) is 7.67. The van der Waals surface area contributed by atoms with Gasteiger partial charge >= 0.3 is 0 Å². The predicted molar refractivity (Wildman–Crippen MR) is 81.3 cm³/mol. The maximum atomic E-state index is 4.39. The van der Waals surface area contributed by atoms with E-state index in [0.717, 1.165) is 18.3 Å². The van der Waals surface area contributed by atoms with E-state index >= 15 is 0 Å². The number of hydrogen-bond acceptors (Lipinski definition) is 3. The Bertz CT molecular complexity index is 361. The molecular formula is C16H27N3. The summed E-state index contributed by atoms with van der Waals surface area (Å²) in [7, 11) is 1.91. The van der Waals surface area contributed by atoms with Crippen molar-refractivity contribution in [1.29, 1.82) is 0 Å². The Balaban J connectivity index is 1.84. The Morgan fingerprint density at radius 1 is 1.32 bits per heavy atom. The van der Waals surface area contributed by atoms with E-state index in [-0.39, 0.29) is 0 Å². The molecule has 0 aliphatic carbocycles. The highest BCUT2D eigenvalue weighted by Crippen LogP contribution is 2.22. The highest BCUT2D eigenvalue weighted by atomic mass is 15.1. The Kier molecular flexibility index (Phi) is 5.64. The molecule has 1 unspecified atom stereocenters. The van der Waals surface area contributed by atoms with Crippen molar-refractivity contribution in [2.75, 3.05) is 25.5 Å². The molecular weight excluding hydrogens is 234 g/mol. The molecule has 3 heteroatoms.